The van der Waals surface area contributed by atoms with Gasteiger partial charge in [-0.25, -0.2) is 4.39 Å². The number of aliphatic hydroxyl groups excluding tert-OH is 1. The Kier molecular flexibility index (Phi) is 7.85. The van der Waals surface area contributed by atoms with Gasteiger partial charge < -0.3 is 14.3 Å². The van der Waals surface area contributed by atoms with E-state index in [1.54, 1.807) is 6.07 Å². The second-order valence-electron chi connectivity index (χ2n) is 10.9. The van der Waals surface area contributed by atoms with Crippen molar-refractivity contribution in [1.29, 1.82) is 0 Å². The average molecular weight is 485 g/mol. The highest BCUT2D eigenvalue weighted by molar-refractivity contribution is 6.74. The maximum Gasteiger partial charge on any atom is 0.309 e. The smallest absolute Gasteiger partial charge is 0.309 e. The number of halogens is 1. The molecule has 4 nitrogen and oxygen atoms in total. The molecule has 1 heterocycles. The molecule has 1 aliphatic rings. The number of ether oxygens (including phenoxy) is 1. The van der Waals surface area contributed by atoms with E-state index in [1.165, 1.54) is 6.07 Å². The Bertz CT molecular complexity index is 1080. The maximum absolute atomic E-state index is 14.7. The first kappa shape index (κ1) is 26.3. The monoisotopic (exact) mass is 484 g/mol. The third-order valence-corrected chi connectivity index (χ3v) is 11.4. The SMILES string of the molecule is Cc1cc(C)c(/C=C/C2CC(O)CC(=O)O2)c(-c2ccc(F)c(CO[Si](C)(C)C(C)(C)C)c2)c1. The van der Waals surface area contributed by atoms with Gasteiger partial charge in [0.15, 0.2) is 8.32 Å². The lowest BCUT2D eigenvalue weighted by Gasteiger charge is -2.36. The first-order valence-corrected chi connectivity index (χ1v) is 14.8. The zero-order chi connectivity index (χ0) is 25.3. The van der Waals surface area contributed by atoms with Gasteiger partial charge in [-0.1, -0.05) is 50.6 Å². The van der Waals surface area contributed by atoms with E-state index in [2.05, 4.69) is 46.0 Å². The van der Waals surface area contributed by atoms with Crippen LogP contribution in [0.1, 0.15) is 55.9 Å². The summed E-state index contributed by atoms with van der Waals surface area (Å²) >= 11 is 0. The third kappa shape index (κ3) is 6.23. The summed E-state index contributed by atoms with van der Waals surface area (Å²) in [6.07, 6.45) is 3.03. The number of aryl methyl sites for hydroxylation is 2. The minimum Gasteiger partial charge on any atom is -0.458 e. The van der Waals surface area contributed by atoms with Gasteiger partial charge in [0.25, 0.3) is 0 Å². The molecule has 2 unspecified atom stereocenters. The topological polar surface area (TPSA) is 55.8 Å². The molecule has 0 amide bonds. The van der Waals surface area contributed by atoms with Crippen molar-refractivity contribution >= 4 is 20.4 Å². The Balaban J connectivity index is 1.94. The molecule has 1 saturated heterocycles. The van der Waals surface area contributed by atoms with Crippen LogP contribution in [-0.2, 0) is 20.6 Å². The van der Waals surface area contributed by atoms with Crippen LogP contribution in [0.2, 0.25) is 18.1 Å². The highest BCUT2D eigenvalue weighted by Crippen LogP contribution is 2.38. The molecule has 184 valence electrons. The molecular formula is C28H37FO4Si. The molecule has 6 heteroatoms. The van der Waals surface area contributed by atoms with Crippen LogP contribution < -0.4 is 0 Å². The number of carbonyl (C=O) groups excluding carboxylic acids is 1. The summed E-state index contributed by atoms with van der Waals surface area (Å²) in [5.41, 5.74) is 5.57. The first-order chi connectivity index (χ1) is 15.8. The number of cyclic esters (lactones) is 1. The lowest BCUT2D eigenvalue weighted by atomic mass is 9.92. The number of aliphatic hydroxyl groups is 1. The van der Waals surface area contributed by atoms with E-state index in [0.717, 1.165) is 27.8 Å². The predicted molar refractivity (Wildman–Crippen MR) is 137 cm³/mol. The molecule has 0 saturated carbocycles. The average Bonchev–Trinajstić information content (AvgIpc) is 2.70. The highest BCUT2D eigenvalue weighted by atomic mass is 28.4. The summed E-state index contributed by atoms with van der Waals surface area (Å²) < 4.78 is 26.4. The van der Waals surface area contributed by atoms with E-state index < -0.39 is 20.5 Å². The summed E-state index contributed by atoms with van der Waals surface area (Å²) in [6, 6.07) is 9.35. The Morgan fingerprint density at radius 2 is 1.91 bits per heavy atom. The van der Waals surface area contributed by atoms with Gasteiger partial charge in [0, 0.05) is 12.0 Å². The highest BCUT2D eigenvalue weighted by Gasteiger charge is 2.37. The Labute approximate surface area is 203 Å². The van der Waals surface area contributed by atoms with E-state index in [0.29, 0.717) is 12.0 Å². The minimum absolute atomic E-state index is 0.0362. The molecular weight excluding hydrogens is 447 g/mol. The molecule has 2 atom stereocenters. The molecule has 2 aromatic carbocycles. The second-order valence-corrected chi connectivity index (χ2v) is 15.7. The van der Waals surface area contributed by atoms with Gasteiger partial charge in [0.2, 0.25) is 0 Å². The minimum atomic E-state index is -2.02. The molecule has 0 spiro atoms. The number of hydrogen-bond acceptors (Lipinski definition) is 4. The van der Waals surface area contributed by atoms with E-state index >= 15 is 0 Å². The summed E-state index contributed by atoms with van der Waals surface area (Å²) in [4.78, 5) is 11.7. The first-order valence-electron chi connectivity index (χ1n) is 11.9. The van der Waals surface area contributed by atoms with Crippen LogP contribution >= 0.6 is 0 Å². The van der Waals surface area contributed by atoms with Crippen molar-refractivity contribution in [2.75, 3.05) is 0 Å². The number of carbonyl (C=O) groups is 1. The van der Waals surface area contributed by atoms with E-state index in [1.807, 2.05) is 32.1 Å². The molecule has 3 rings (SSSR count). The Morgan fingerprint density at radius 1 is 1.21 bits per heavy atom. The third-order valence-electron chi connectivity index (χ3n) is 6.95. The van der Waals surface area contributed by atoms with Crippen molar-refractivity contribution in [1.82, 2.24) is 0 Å². The molecule has 0 aliphatic carbocycles. The van der Waals surface area contributed by atoms with E-state index in [9.17, 15) is 14.3 Å². The molecule has 1 fully saturated rings. The van der Waals surface area contributed by atoms with Crippen LogP contribution in [0.15, 0.2) is 36.4 Å². The van der Waals surface area contributed by atoms with Crippen LogP contribution in [0, 0.1) is 19.7 Å². The zero-order valence-corrected chi connectivity index (χ0v) is 22.4. The fraction of sp³-hybridized carbons (Fsp3) is 0.464. The molecule has 1 N–H and O–H groups in total. The predicted octanol–water partition coefficient (Wildman–Crippen LogP) is 6.71. The van der Waals surface area contributed by atoms with Gasteiger partial charge in [0.05, 0.1) is 19.1 Å². The van der Waals surface area contributed by atoms with Crippen molar-refractivity contribution < 1.29 is 23.5 Å². The molecule has 1 aliphatic heterocycles. The summed E-state index contributed by atoms with van der Waals surface area (Å²) in [5, 5.41) is 9.95. The van der Waals surface area contributed by atoms with Crippen LogP contribution in [0.25, 0.3) is 17.2 Å². The Hall–Kier alpha value is -2.28. The van der Waals surface area contributed by atoms with Crippen molar-refractivity contribution in [3.8, 4) is 11.1 Å². The lowest BCUT2D eigenvalue weighted by molar-refractivity contribution is -0.156. The van der Waals surface area contributed by atoms with Crippen LogP contribution in [0.3, 0.4) is 0 Å². The van der Waals surface area contributed by atoms with Gasteiger partial charge in [-0.2, -0.15) is 0 Å². The zero-order valence-electron chi connectivity index (χ0n) is 21.4. The van der Waals surface area contributed by atoms with Crippen LogP contribution in [0.4, 0.5) is 4.39 Å². The number of benzene rings is 2. The summed E-state index contributed by atoms with van der Waals surface area (Å²) in [6.45, 7) is 15.1. The van der Waals surface area contributed by atoms with Crippen molar-refractivity contribution in [2.24, 2.45) is 0 Å². The standard InChI is InChI=1S/C28H37FO4Si/c1-18-12-19(2)24(10-9-23-15-22(30)16-27(31)33-23)25(13-18)20-8-11-26(29)21(14-20)17-32-34(6,7)28(3,4)5/h8-14,22-23,30H,15-17H2,1-7H3/b10-9+. The molecule has 2 aromatic rings. The lowest BCUT2D eigenvalue weighted by Crippen LogP contribution is -2.40. The molecule has 34 heavy (non-hydrogen) atoms. The molecule has 0 aromatic heterocycles. The fourth-order valence-corrected chi connectivity index (χ4v) is 4.85. The fourth-order valence-electron chi connectivity index (χ4n) is 3.90. The van der Waals surface area contributed by atoms with Crippen LogP contribution in [-0.4, -0.2) is 31.6 Å². The molecule has 0 radical (unpaired) electrons. The van der Waals surface area contributed by atoms with E-state index in [-0.39, 0.29) is 29.9 Å². The maximum atomic E-state index is 14.7. The normalized spacial score (nSPS) is 19.5. The largest absolute Gasteiger partial charge is 0.458 e. The number of rotatable bonds is 6. The van der Waals surface area contributed by atoms with E-state index in [4.69, 9.17) is 9.16 Å². The van der Waals surface area contributed by atoms with Crippen LogP contribution in [0.5, 0.6) is 0 Å². The van der Waals surface area contributed by atoms with Gasteiger partial charge >= 0.3 is 5.97 Å². The number of hydrogen-bond donors (Lipinski definition) is 1. The summed E-state index contributed by atoms with van der Waals surface area (Å²) in [5.74, 6) is -0.661. The quantitative estimate of drug-likeness (QED) is 0.366. The second kappa shape index (κ2) is 10.1. The van der Waals surface area contributed by atoms with Gasteiger partial charge in [-0.3, -0.25) is 4.79 Å². The van der Waals surface area contributed by atoms with Gasteiger partial charge in [-0.05, 0) is 72.4 Å². The van der Waals surface area contributed by atoms with Gasteiger partial charge in [0.1, 0.15) is 11.9 Å². The van der Waals surface area contributed by atoms with Crippen molar-refractivity contribution in [3.05, 3.63) is 64.5 Å². The number of esters is 1. The van der Waals surface area contributed by atoms with Crippen molar-refractivity contribution in [2.45, 2.75) is 84.4 Å². The molecule has 0 bridgehead atoms. The van der Waals surface area contributed by atoms with Gasteiger partial charge in [-0.15, -0.1) is 0 Å². The summed E-state index contributed by atoms with van der Waals surface area (Å²) in [7, 11) is -2.02. The Morgan fingerprint density at radius 3 is 2.56 bits per heavy atom. The van der Waals surface area contributed by atoms with Crippen molar-refractivity contribution in [3.63, 3.8) is 0 Å².